The first-order valence-corrected chi connectivity index (χ1v) is 11.3. The van der Waals surface area contributed by atoms with Crippen molar-refractivity contribution in [2.45, 2.75) is 33.1 Å². The average Bonchev–Trinajstić information content (AvgIpc) is 3.04. The third-order valence-electron chi connectivity index (χ3n) is 6.34. The van der Waals surface area contributed by atoms with Crippen LogP contribution in [-0.2, 0) is 19.1 Å². The second-order valence-corrected chi connectivity index (χ2v) is 9.19. The van der Waals surface area contributed by atoms with Crippen LogP contribution in [-0.4, -0.2) is 30.3 Å². The summed E-state index contributed by atoms with van der Waals surface area (Å²) < 4.78 is 5.08. The number of carbonyl (C=O) groups excluding carboxylic acids is 4. The van der Waals surface area contributed by atoms with Crippen LogP contribution in [0.15, 0.2) is 42.5 Å². The van der Waals surface area contributed by atoms with Crippen LogP contribution in [0.4, 0.5) is 11.4 Å². The zero-order chi connectivity index (χ0) is 23.7. The van der Waals surface area contributed by atoms with E-state index in [4.69, 9.17) is 16.3 Å². The third-order valence-corrected chi connectivity index (χ3v) is 6.75. The number of imide groups is 1. The molecule has 33 heavy (non-hydrogen) atoms. The number of fused-ring (bicyclic) bond motifs is 1. The van der Waals surface area contributed by atoms with E-state index in [1.165, 1.54) is 17.0 Å². The molecule has 172 valence electrons. The van der Waals surface area contributed by atoms with E-state index in [9.17, 15) is 19.2 Å². The van der Waals surface area contributed by atoms with E-state index in [1.54, 1.807) is 30.3 Å². The van der Waals surface area contributed by atoms with Gasteiger partial charge < -0.3 is 10.1 Å². The van der Waals surface area contributed by atoms with E-state index in [2.05, 4.69) is 12.2 Å². The molecule has 0 unspecified atom stereocenters. The fraction of sp³-hybridized carbons (Fsp3) is 0.360. The van der Waals surface area contributed by atoms with Crippen LogP contribution in [0.5, 0.6) is 0 Å². The minimum atomic E-state index is -0.680. The second kappa shape index (κ2) is 9.35. The number of amides is 3. The largest absolute Gasteiger partial charge is 0.452 e. The highest BCUT2D eigenvalue weighted by atomic mass is 35.5. The van der Waals surface area contributed by atoms with Gasteiger partial charge in [0.05, 0.1) is 23.1 Å². The van der Waals surface area contributed by atoms with Crippen molar-refractivity contribution in [3.05, 3.63) is 58.6 Å². The van der Waals surface area contributed by atoms with Crippen molar-refractivity contribution in [3.8, 4) is 0 Å². The molecule has 1 aliphatic carbocycles. The van der Waals surface area contributed by atoms with Gasteiger partial charge in [0.15, 0.2) is 6.61 Å². The van der Waals surface area contributed by atoms with Gasteiger partial charge in [0.25, 0.3) is 5.91 Å². The number of hydrogen-bond acceptors (Lipinski definition) is 5. The highest BCUT2D eigenvalue weighted by Crippen LogP contribution is 2.42. The number of halogens is 1. The molecule has 2 aromatic carbocycles. The standard InChI is InChI=1S/C25H25ClN2O5/c1-14-3-10-19-20(11-14)24(31)28(23(19)30)18-8-5-16(6-9-18)25(32)33-13-22(29)27-17-7-4-15(2)21(26)12-17/h4-9,12,14,19-20H,3,10-11,13H2,1-2H3,(H,27,29)/t14-,19+,20+/m0/s1. The summed E-state index contributed by atoms with van der Waals surface area (Å²) in [6.45, 7) is 3.49. The Morgan fingerprint density at radius 2 is 1.76 bits per heavy atom. The molecule has 1 saturated carbocycles. The monoisotopic (exact) mass is 468 g/mol. The average molecular weight is 469 g/mol. The molecule has 1 N–H and O–H groups in total. The fourth-order valence-corrected chi connectivity index (χ4v) is 4.65. The van der Waals surface area contributed by atoms with Crippen LogP contribution >= 0.6 is 11.6 Å². The van der Waals surface area contributed by atoms with Crippen molar-refractivity contribution in [2.75, 3.05) is 16.8 Å². The lowest BCUT2D eigenvalue weighted by Crippen LogP contribution is -2.30. The topological polar surface area (TPSA) is 92.8 Å². The molecule has 8 heteroatoms. The number of ether oxygens (including phenoxy) is 1. The number of nitrogens with zero attached hydrogens (tertiary/aromatic N) is 1. The molecule has 2 fully saturated rings. The fourth-order valence-electron chi connectivity index (χ4n) is 4.47. The van der Waals surface area contributed by atoms with Gasteiger partial charge in [-0.3, -0.25) is 19.3 Å². The predicted octanol–water partition coefficient (Wildman–Crippen LogP) is 4.37. The maximum Gasteiger partial charge on any atom is 0.338 e. The molecule has 1 heterocycles. The van der Waals surface area contributed by atoms with Crippen molar-refractivity contribution in [2.24, 2.45) is 17.8 Å². The van der Waals surface area contributed by atoms with Crippen molar-refractivity contribution < 1.29 is 23.9 Å². The number of aryl methyl sites for hydroxylation is 1. The molecule has 0 radical (unpaired) electrons. The van der Waals surface area contributed by atoms with E-state index in [-0.39, 0.29) is 29.2 Å². The number of benzene rings is 2. The number of nitrogens with one attached hydrogen (secondary N) is 1. The summed E-state index contributed by atoms with van der Waals surface area (Å²) in [4.78, 5) is 51.3. The molecule has 7 nitrogen and oxygen atoms in total. The van der Waals surface area contributed by atoms with Gasteiger partial charge >= 0.3 is 5.97 Å². The molecule has 0 spiro atoms. The maximum absolute atomic E-state index is 12.8. The van der Waals surface area contributed by atoms with Crippen LogP contribution in [0.1, 0.15) is 42.1 Å². The third kappa shape index (κ3) is 4.78. The van der Waals surface area contributed by atoms with Gasteiger partial charge in [-0.1, -0.05) is 24.6 Å². The van der Waals surface area contributed by atoms with Gasteiger partial charge in [-0.15, -0.1) is 0 Å². The van der Waals surface area contributed by atoms with Gasteiger partial charge in [0.1, 0.15) is 0 Å². The van der Waals surface area contributed by atoms with Crippen LogP contribution in [0.2, 0.25) is 5.02 Å². The number of carbonyl (C=O) groups is 4. The van der Waals surface area contributed by atoms with Gasteiger partial charge in [-0.05, 0) is 74.1 Å². The molecule has 4 rings (SSSR count). The van der Waals surface area contributed by atoms with E-state index in [0.29, 0.717) is 22.3 Å². The highest BCUT2D eigenvalue weighted by molar-refractivity contribution is 6.31. The molecule has 0 aromatic heterocycles. The van der Waals surface area contributed by atoms with Crippen molar-refractivity contribution in [1.82, 2.24) is 0 Å². The number of esters is 1. The molecule has 3 atom stereocenters. The Hall–Kier alpha value is -3.19. The van der Waals surface area contributed by atoms with E-state index in [1.807, 2.05) is 6.92 Å². The predicted molar refractivity (Wildman–Crippen MR) is 124 cm³/mol. The summed E-state index contributed by atoms with van der Waals surface area (Å²) in [7, 11) is 0. The van der Waals surface area contributed by atoms with Crippen molar-refractivity contribution >= 4 is 46.7 Å². The first-order valence-electron chi connectivity index (χ1n) is 11.0. The molecule has 2 aliphatic rings. The first kappa shape index (κ1) is 23.0. The minimum absolute atomic E-state index is 0.167. The lowest BCUT2D eigenvalue weighted by atomic mass is 9.76. The molecule has 1 saturated heterocycles. The number of rotatable bonds is 5. The minimum Gasteiger partial charge on any atom is -0.452 e. The van der Waals surface area contributed by atoms with E-state index >= 15 is 0 Å². The van der Waals surface area contributed by atoms with E-state index in [0.717, 1.165) is 24.8 Å². The summed E-state index contributed by atoms with van der Waals surface area (Å²) in [5.74, 6) is -1.58. The first-order chi connectivity index (χ1) is 15.7. The Morgan fingerprint density at radius 1 is 1.06 bits per heavy atom. The van der Waals surface area contributed by atoms with Crippen molar-refractivity contribution in [3.63, 3.8) is 0 Å². The van der Waals surface area contributed by atoms with E-state index < -0.39 is 18.5 Å². The lowest BCUT2D eigenvalue weighted by molar-refractivity contribution is -0.122. The molecule has 0 bridgehead atoms. The molecule has 1 aliphatic heterocycles. The SMILES string of the molecule is Cc1ccc(NC(=O)COC(=O)c2ccc(N3C(=O)[C@@H]4CC[C@H](C)C[C@H]4C3=O)cc2)cc1Cl. The normalized spacial score (nSPS) is 22.2. The molecule has 3 amide bonds. The Kier molecular flexibility index (Phi) is 6.51. The summed E-state index contributed by atoms with van der Waals surface area (Å²) >= 11 is 6.04. The van der Waals surface area contributed by atoms with Crippen LogP contribution < -0.4 is 10.2 Å². The zero-order valence-corrected chi connectivity index (χ0v) is 19.2. The van der Waals surface area contributed by atoms with Gasteiger partial charge in [0.2, 0.25) is 11.8 Å². The zero-order valence-electron chi connectivity index (χ0n) is 18.5. The highest BCUT2D eigenvalue weighted by Gasteiger charge is 2.49. The van der Waals surface area contributed by atoms with Crippen LogP contribution in [0, 0.1) is 24.7 Å². The Morgan fingerprint density at radius 3 is 2.45 bits per heavy atom. The molecule has 2 aromatic rings. The van der Waals surface area contributed by atoms with Crippen molar-refractivity contribution in [1.29, 1.82) is 0 Å². The Bertz CT molecular complexity index is 1110. The summed E-state index contributed by atoms with van der Waals surface area (Å²) in [5, 5.41) is 3.14. The Balaban J connectivity index is 1.35. The molecular formula is C25H25ClN2O5. The van der Waals surface area contributed by atoms with Crippen LogP contribution in [0.3, 0.4) is 0 Å². The van der Waals surface area contributed by atoms with Gasteiger partial charge in [0, 0.05) is 10.7 Å². The summed E-state index contributed by atoms with van der Waals surface area (Å²) in [6.07, 6.45) is 2.41. The smallest absolute Gasteiger partial charge is 0.338 e. The van der Waals surface area contributed by atoms with Crippen LogP contribution in [0.25, 0.3) is 0 Å². The van der Waals surface area contributed by atoms with Gasteiger partial charge in [-0.25, -0.2) is 4.79 Å². The Labute approximate surface area is 197 Å². The number of hydrogen-bond donors (Lipinski definition) is 1. The maximum atomic E-state index is 12.8. The quantitative estimate of drug-likeness (QED) is 0.519. The summed E-state index contributed by atoms with van der Waals surface area (Å²) in [5.41, 5.74) is 2.05. The second-order valence-electron chi connectivity index (χ2n) is 8.78. The molecular weight excluding hydrogens is 444 g/mol. The summed E-state index contributed by atoms with van der Waals surface area (Å²) in [6, 6.07) is 11.2. The number of anilines is 2. The van der Waals surface area contributed by atoms with Gasteiger partial charge in [-0.2, -0.15) is 0 Å². The lowest BCUT2D eigenvalue weighted by Gasteiger charge is -2.25.